The van der Waals surface area contributed by atoms with Gasteiger partial charge in [-0.05, 0) is 80.2 Å². The van der Waals surface area contributed by atoms with Crippen molar-refractivity contribution in [1.29, 1.82) is 0 Å². The molecule has 1 aliphatic rings. The average molecular weight is 782 g/mol. The van der Waals surface area contributed by atoms with Crippen molar-refractivity contribution in [3.8, 4) is 5.75 Å². The fourth-order valence-electron chi connectivity index (χ4n) is 5.76. The van der Waals surface area contributed by atoms with Gasteiger partial charge in [-0.15, -0.1) is 11.3 Å². The zero-order valence-corrected chi connectivity index (χ0v) is 33.6. The number of rotatable bonds is 15. The van der Waals surface area contributed by atoms with E-state index in [4.69, 9.17) is 4.74 Å². The van der Waals surface area contributed by atoms with Gasteiger partial charge in [-0.3, -0.25) is 4.55 Å². The summed E-state index contributed by atoms with van der Waals surface area (Å²) in [7, 11) is -6.77. The third-order valence-electron chi connectivity index (χ3n) is 8.43. The molecule has 0 radical (unpaired) electrons. The molecule has 0 saturated heterocycles. The lowest BCUT2D eigenvalue weighted by Gasteiger charge is -2.21. The number of thiophene rings is 1. The third kappa shape index (κ3) is 10.5. The van der Waals surface area contributed by atoms with E-state index in [0.29, 0.717) is 19.5 Å². The second kappa shape index (κ2) is 17.8. The highest BCUT2D eigenvalue weighted by Crippen LogP contribution is 2.47. The standard InChI is InChI=1S/C29H32N2O7S5.C6H15N/c1-4-20(16-26-30(10-5-13-42(32,33)34)22-15-19(2)7-8-24(22)40-26)17-27-31(11-6-14-43(35,36)37)28-25(41-27)18-23(38-3)21-9-12-39-29(21)28;1-4-7(5-2)6-3/h7-9,12,15-18H,4-6,10-11,13-14H2,1-3H3,(H-,32,33,34,35,36,37);4-6H2,1-3H3. The van der Waals surface area contributed by atoms with Crippen molar-refractivity contribution in [1.82, 2.24) is 4.90 Å². The maximum Gasteiger partial charge on any atom is 0.264 e. The Hall–Kier alpha value is -2.50. The van der Waals surface area contributed by atoms with Gasteiger partial charge in [-0.1, -0.05) is 56.9 Å². The molecule has 0 fully saturated rings. The van der Waals surface area contributed by atoms with E-state index in [1.165, 1.54) is 19.6 Å². The lowest BCUT2D eigenvalue weighted by atomic mass is 10.1. The van der Waals surface area contributed by atoms with Crippen LogP contribution in [-0.2, 0) is 26.8 Å². The van der Waals surface area contributed by atoms with E-state index in [1.807, 2.05) is 30.5 Å². The number of thioether (sulfide) groups is 1. The van der Waals surface area contributed by atoms with Crippen molar-refractivity contribution < 1.29 is 35.2 Å². The van der Waals surface area contributed by atoms with E-state index in [-0.39, 0.29) is 18.6 Å². The summed E-state index contributed by atoms with van der Waals surface area (Å²) in [5.74, 6) is 0.00565. The van der Waals surface area contributed by atoms with Crippen molar-refractivity contribution in [3.05, 3.63) is 63.0 Å². The lowest BCUT2D eigenvalue weighted by Crippen LogP contribution is -2.36. The Labute approximate surface area is 308 Å². The summed E-state index contributed by atoms with van der Waals surface area (Å²) in [4.78, 5) is 5.54. The zero-order valence-electron chi connectivity index (χ0n) is 29.5. The monoisotopic (exact) mass is 781 g/mol. The summed E-state index contributed by atoms with van der Waals surface area (Å²) in [5.41, 5.74) is 4.11. The molecular formula is C35H47N3O7S5. The van der Waals surface area contributed by atoms with Gasteiger partial charge in [0.2, 0.25) is 5.52 Å². The fourth-order valence-corrected chi connectivity index (χ4v) is 10.1. The molecule has 0 atom stereocenters. The molecule has 1 N–H and O–H groups in total. The molecule has 0 bridgehead atoms. The molecule has 0 spiro atoms. The molecule has 15 heteroatoms. The third-order valence-corrected chi connectivity index (χ3v) is 13.1. The number of hydrogen-bond donors (Lipinski definition) is 1. The zero-order chi connectivity index (χ0) is 36.6. The van der Waals surface area contributed by atoms with Crippen molar-refractivity contribution in [3.63, 3.8) is 0 Å². The average Bonchev–Trinajstić information content (AvgIpc) is 3.76. The van der Waals surface area contributed by atoms with Gasteiger partial charge in [0.15, 0.2) is 6.54 Å². The summed E-state index contributed by atoms with van der Waals surface area (Å²) in [6, 6.07) is 10.2. The van der Waals surface area contributed by atoms with Gasteiger partial charge in [0.1, 0.15) is 15.1 Å². The minimum Gasteiger partial charge on any atom is -0.748 e. The molecule has 3 heterocycles. The smallest absolute Gasteiger partial charge is 0.264 e. The van der Waals surface area contributed by atoms with Crippen LogP contribution in [0.1, 0.15) is 57.5 Å². The fraction of sp³-hybridized carbons (Fsp3) is 0.457. The first-order valence-electron chi connectivity index (χ1n) is 16.7. The molecule has 0 saturated carbocycles. The second-order valence-electron chi connectivity index (χ2n) is 11.8. The molecule has 1 aliphatic heterocycles. The Morgan fingerprint density at radius 3 is 2.36 bits per heavy atom. The summed E-state index contributed by atoms with van der Waals surface area (Å²) in [5, 5.41) is 4.86. The van der Waals surface area contributed by atoms with Crippen LogP contribution in [0.25, 0.3) is 26.4 Å². The van der Waals surface area contributed by atoms with Crippen molar-refractivity contribution in [2.24, 2.45) is 0 Å². The number of nitrogens with zero attached hydrogens (tertiary/aromatic N) is 3. The molecule has 0 unspecified atom stereocenters. The van der Waals surface area contributed by atoms with Gasteiger partial charge in [0.25, 0.3) is 15.1 Å². The maximum absolute atomic E-state index is 11.4. The molecule has 0 aliphatic carbocycles. The van der Waals surface area contributed by atoms with E-state index in [2.05, 4.69) is 66.3 Å². The van der Waals surface area contributed by atoms with Crippen LogP contribution in [-0.4, -0.2) is 75.6 Å². The molecule has 10 nitrogen and oxygen atoms in total. The minimum atomic E-state index is -4.35. The first-order chi connectivity index (χ1) is 23.7. The number of methoxy groups -OCH3 is 1. The van der Waals surface area contributed by atoms with Gasteiger partial charge in [0.05, 0.1) is 33.7 Å². The van der Waals surface area contributed by atoms with Crippen LogP contribution >= 0.6 is 34.4 Å². The molecule has 50 heavy (non-hydrogen) atoms. The predicted molar refractivity (Wildman–Crippen MR) is 208 cm³/mol. The summed E-state index contributed by atoms with van der Waals surface area (Å²) < 4.78 is 76.1. The molecule has 2 aromatic heterocycles. The number of hydrogen-bond acceptors (Lipinski definition) is 11. The first-order valence-corrected chi connectivity index (χ1v) is 22.4. The maximum atomic E-state index is 11.4. The van der Waals surface area contributed by atoms with E-state index in [9.17, 15) is 25.9 Å². The SMILES string of the molecule is CCC(/C=C1\Sc2ccc(C)cc2N1CCCS(=O)(=O)O)=C\c1sc2cc(OC)c3ccsc3c2[n+]1CCCS(=O)(=O)[O-].CCN(CC)CC. The molecule has 0 amide bonds. The van der Waals surface area contributed by atoms with Gasteiger partial charge in [-0.25, -0.2) is 8.42 Å². The van der Waals surface area contributed by atoms with Crippen LogP contribution in [0.2, 0.25) is 0 Å². The van der Waals surface area contributed by atoms with Crippen LogP contribution in [0.5, 0.6) is 5.75 Å². The van der Waals surface area contributed by atoms with Crippen molar-refractivity contribution in [2.75, 3.05) is 49.7 Å². The van der Waals surface area contributed by atoms with Gasteiger partial charge >= 0.3 is 0 Å². The molecular weight excluding hydrogens is 735 g/mol. The Balaban J connectivity index is 0.000000727. The van der Waals surface area contributed by atoms with Crippen LogP contribution in [0.3, 0.4) is 0 Å². The number of benzene rings is 2. The van der Waals surface area contributed by atoms with E-state index in [0.717, 1.165) is 57.8 Å². The summed E-state index contributed by atoms with van der Waals surface area (Å²) in [6.45, 7) is 15.0. The van der Waals surface area contributed by atoms with Crippen LogP contribution < -0.4 is 14.2 Å². The highest BCUT2D eigenvalue weighted by atomic mass is 32.2. The number of aromatic nitrogens is 1. The molecule has 4 aromatic rings. The molecule has 2 aromatic carbocycles. The minimum absolute atomic E-state index is 0.191. The molecule has 274 valence electrons. The van der Waals surface area contributed by atoms with Crippen molar-refractivity contribution >= 4 is 86.7 Å². The molecule has 5 rings (SSSR count). The highest BCUT2D eigenvalue weighted by molar-refractivity contribution is 8.03. The number of anilines is 1. The number of aryl methyl sites for hydroxylation is 2. The number of allylic oxidation sites excluding steroid dienone is 2. The van der Waals surface area contributed by atoms with Crippen molar-refractivity contribution in [2.45, 2.75) is 65.3 Å². The summed E-state index contributed by atoms with van der Waals surface area (Å²) >= 11 is 4.78. The second-order valence-corrected chi connectivity index (χ2v) is 18.0. The quantitative estimate of drug-likeness (QED) is 0.0954. The topological polar surface area (TPSA) is 131 Å². The Morgan fingerprint density at radius 2 is 1.76 bits per heavy atom. The van der Waals surface area contributed by atoms with E-state index < -0.39 is 26.0 Å². The predicted octanol–water partition coefficient (Wildman–Crippen LogP) is 7.53. The summed E-state index contributed by atoms with van der Waals surface area (Å²) in [6.07, 6.45) is 5.37. The lowest BCUT2D eigenvalue weighted by molar-refractivity contribution is -0.667. The van der Waals surface area contributed by atoms with E-state index >= 15 is 0 Å². The Morgan fingerprint density at radius 1 is 1.04 bits per heavy atom. The number of ether oxygens (including phenoxy) is 1. The van der Waals surface area contributed by atoms with Gasteiger partial charge < -0.3 is 19.1 Å². The first kappa shape index (κ1) is 40.3. The normalized spacial score (nSPS) is 14.5. The number of thiazole rings is 1. The van der Waals surface area contributed by atoms with Gasteiger partial charge in [-0.2, -0.15) is 13.0 Å². The van der Waals surface area contributed by atoms with Crippen LogP contribution in [0.15, 0.2) is 57.3 Å². The van der Waals surface area contributed by atoms with E-state index in [1.54, 1.807) is 41.5 Å². The Kier molecular flexibility index (Phi) is 14.4. The van der Waals surface area contributed by atoms with Crippen LogP contribution in [0, 0.1) is 6.92 Å². The largest absolute Gasteiger partial charge is 0.748 e. The van der Waals surface area contributed by atoms with Gasteiger partial charge in [0, 0.05) is 41.1 Å². The number of fused-ring (bicyclic) bond motifs is 4. The highest BCUT2D eigenvalue weighted by Gasteiger charge is 2.27. The Bertz CT molecular complexity index is 2060. The van der Waals surface area contributed by atoms with Crippen LogP contribution in [0.4, 0.5) is 5.69 Å².